The summed E-state index contributed by atoms with van der Waals surface area (Å²) in [5, 5.41) is 8.03. The van der Waals surface area contributed by atoms with E-state index in [1.165, 1.54) is 0 Å². The third-order valence-corrected chi connectivity index (χ3v) is 4.65. The molecule has 1 aromatic carbocycles. The Bertz CT molecular complexity index is 879. The van der Waals surface area contributed by atoms with E-state index in [0.29, 0.717) is 30.5 Å². The van der Waals surface area contributed by atoms with E-state index in [4.69, 9.17) is 9.26 Å². The van der Waals surface area contributed by atoms with Crippen molar-refractivity contribution in [2.45, 2.75) is 25.8 Å². The van der Waals surface area contributed by atoms with Crippen molar-refractivity contribution >= 4 is 16.8 Å². The van der Waals surface area contributed by atoms with Crippen molar-refractivity contribution in [1.29, 1.82) is 0 Å². The third-order valence-electron chi connectivity index (χ3n) is 4.65. The third kappa shape index (κ3) is 3.28. The summed E-state index contributed by atoms with van der Waals surface area (Å²) in [5.41, 5.74) is 1.53. The van der Waals surface area contributed by atoms with E-state index in [1.807, 2.05) is 30.5 Å². The molecule has 0 spiro atoms. The van der Waals surface area contributed by atoms with E-state index in [9.17, 15) is 4.79 Å². The molecule has 2 N–H and O–H groups in total. The highest BCUT2D eigenvalue weighted by Gasteiger charge is 2.31. The van der Waals surface area contributed by atoms with Gasteiger partial charge in [0.1, 0.15) is 6.04 Å². The summed E-state index contributed by atoms with van der Waals surface area (Å²) in [7, 11) is 0. The Morgan fingerprint density at radius 2 is 2.16 bits per heavy atom. The molecule has 2 aromatic heterocycles. The standard InChI is InChI=1S/C18H20N4O3/c1-11-20-18(25-22-11)16(13-5-8-24-9-6-13)21-17(23)14-3-2-12-4-7-19-15(12)10-14/h2-4,7,10,13,16,19H,5-6,8-9H2,1H3,(H,21,23)/t16-/m0/s1. The lowest BCUT2D eigenvalue weighted by Gasteiger charge is -2.28. The molecule has 1 aliphatic rings. The second-order valence-corrected chi connectivity index (χ2v) is 6.36. The van der Waals surface area contributed by atoms with Crippen LogP contribution in [0.4, 0.5) is 0 Å². The summed E-state index contributed by atoms with van der Waals surface area (Å²) in [6.45, 7) is 3.13. The zero-order chi connectivity index (χ0) is 17.2. The molecule has 7 nitrogen and oxygen atoms in total. The molecule has 1 aliphatic heterocycles. The number of hydrogen-bond acceptors (Lipinski definition) is 5. The van der Waals surface area contributed by atoms with Crippen LogP contribution in [0.2, 0.25) is 0 Å². The van der Waals surface area contributed by atoms with Crippen LogP contribution in [-0.2, 0) is 4.74 Å². The number of carbonyl (C=O) groups is 1. The number of aromatic amines is 1. The van der Waals surface area contributed by atoms with Gasteiger partial charge in [0.2, 0.25) is 5.89 Å². The van der Waals surface area contributed by atoms with Gasteiger partial charge < -0.3 is 19.6 Å². The van der Waals surface area contributed by atoms with E-state index in [0.717, 1.165) is 23.7 Å². The van der Waals surface area contributed by atoms with Crippen LogP contribution in [0, 0.1) is 12.8 Å². The molecule has 1 fully saturated rings. The maximum atomic E-state index is 12.8. The molecular formula is C18H20N4O3. The summed E-state index contributed by atoms with van der Waals surface area (Å²) in [5.74, 6) is 1.09. The lowest BCUT2D eigenvalue weighted by Crippen LogP contribution is -2.36. The first-order chi connectivity index (χ1) is 12.2. The van der Waals surface area contributed by atoms with E-state index in [1.54, 1.807) is 6.92 Å². The first-order valence-corrected chi connectivity index (χ1v) is 8.46. The van der Waals surface area contributed by atoms with Crippen LogP contribution in [0.1, 0.15) is 41.0 Å². The average Bonchev–Trinajstić information content (AvgIpc) is 3.28. The number of H-pyrrole nitrogens is 1. The zero-order valence-corrected chi connectivity index (χ0v) is 14.0. The first-order valence-electron chi connectivity index (χ1n) is 8.46. The van der Waals surface area contributed by atoms with Crippen LogP contribution in [-0.4, -0.2) is 34.2 Å². The molecule has 3 aromatic rings. The molecule has 0 unspecified atom stereocenters. The van der Waals surface area contributed by atoms with Crippen molar-refractivity contribution in [2.24, 2.45) is 5.92 Å². The van der Waals surface area contributed by atoms with Gasteiger partial charge in [-0.25, -0.2) is 0 Å². The number of hydrogen-bond donors (Lipinski definition) is 2. The monoisotopic (exact) mass is 340 g/mol. The summed E-state index contributed by atoms with van der Waals surface area (Å²) in [6, 6.07) is 7.28. The lowest BCUT2D eigenvalue weighted by molar-refractivity contribution is 0.0468. The van der Waals surface area contributed by atoms with Crippen LogP contribution in [0.5, 0.6) is 0 Å². The fraction of sp³-hybridized carbons (Fsp3) is 0.389. The van der Waals surface area contributed by atoms with Crippen molar-refractivity contribution in [2.75, 3.05) is 13.2 Å². The molecule has 0 aliphatic carbocycles. The lowest BCUT2D eigenvalue weighted by atomic mass is 9.91. The van der Waals surface area contributed by atoms with Crippen molar-refractivity contribution < 1.29 is 14.1 Å². The molecule has 0 bridgehead atoms. The summed E-state index contributed by atoms with van der Waals surface area (Å²) < 4.78 is 10.8. The van der Waals surface area contributed by atoms with Gasteiger partial charge in [-0.1, -0.05) is 11.2 Å². The molecule has 4 rings (SSSR count). The molecule has 7 heteroatoms. The van der Waals surface area contributed by atoms with E-state index in [2.05, 4.69) is 20.4 Å². The van der Waals surface area contributed by atoms with Gasteiger partial charge in [-0.05, 0) is 49.3 Å². The van der Waals surface area contributed by atoms with Crippen molar-refractivity contribution in [3.8, 4) is 0 Å². The highest BCUT2D eigenvalue weighted by atomic mass is 16.5. The highest BCUT2D eigenvalue weighted by Crippen LogP contribution is 2.29. The molecule has 3 heterocycles. The minimum absolute atomic E-state index is 0.149. The Kier molecular flexibility index (Phi) is 4.23. The first kappa shape index (κ1) is 15.8. The van der Waals surface area contributed by atoms with Gasteiger partial charge in [0.25, 0.3) is 5.91 Å². The Hall–Kier alpha value is -2.67. The molecule has 1 atom stereocenters. The highest BCUT2D eigenvalue weighted by molar-refractivity contribution is 5.98. The number of nitrogens with one attached hydrogen (secondary N) is 2. The predicted octanol–water partition coefficient (Wildman–Crippen LogP) is 2.76. The van der Waals surface area contributed by atoms with Crippen LogP contribution in [0.3, 0.4) is 0 Å². The van der Waals surface area contributed by atoms with Crippen LogP contribution >= 0.6 is 0 Å². The minimum atomic E-state index is -0.308. The molecule has 1 saturated heterocycles. The molecular weight excluding hydrogens is 320 g/mol. The Balaban J connectivity index is 1.59. The molecule has 1 amide bonds. The van der Waals surface area contributed by atoms with E-state index in [-0.39, 0.29) is 17.9 Å². The van der Waals surface area contributed by atoms with Crippen molar-refractivity contribution in [1.82, 2.24) is 20.4 Å². The number of rotatable bonds is 4. The number of nitrogens with zero attached hydrogens (tertiary/aromatic N) is 2. The maximum Gasteiger partial charge on any atom is 0.252 e. The number of carbonyl (C=O) groups excluding carboxylic acids is 1. The normalized spacial score (nSPS) is 16.8. The van der Waals surface area contributed by atoms with Gasteiger partial charge >= 0.3 is 0 Å². The van der Waals surface area contributed by atoms with Gasteiger partial charge in [0.05, 0.1) is 0 Å². The summed E-state index contributed by atoms with van der Waals surface area (Å²) >= 11 is 0. The smallest absolute Gasteiger partial charge is 0.252 e. The van der Waals surface area contributed by atoms with Gasteiger partial charge in [0, 0.05) is 30.5 Å². The largest absolute Gasteiger partial charge is 0.381 e. The number of benzene rings is 1. The molecule has 0 saturated carbocycles. The van der Waals surface area contributed by atoms with Gasteiger partial charge in [-0.15, -0.1) is 0 Å². The number of ether oxygens (including phenoxy) is 1. The SMILES string of the molecule is Cc1noc([C@@H](NC(=O)c2ccc3cc[nH]c3c2)C2CCOCC2)n1. The topological polar surface area (TPSA) is 93.0 Å². The summed E-state index contributed by atoms with van der Waals surface area (Å²) in [6.07, 6.45) is 3.56. The van der Waals surface area contributed by atoms with Gasteiger partial charge in [0.15, 0.2) is 5.82 Å². The maximum absolute atomic E-state index is 12.8. The number of aromatic nitrogens is 3. The van der Waals surface area contributed by atoms with Gasteiger partial charge in [-0.3, -0.25) is 4.79 Å². The van der Waals surface area contributed by atoms with Gasteiger partial charge in [-0.2, -0.15) is 4.98 Å². The van der Waals surface area contributed by atoms with E-state index >= 15 is 0 Å². The zero-order valence-electron chi connectivity index (χ0n) is 14.0. The average molecular weight is 340 g/mol. The van der Waals surface area contributed by atoms with Crippen molar-refractivity contribution in [3.05, 3.63) is 47.7 Å². The predicted molar refractivity (Wildman–Crippen MR) is 91.1 cm³/mol. The fourth-order valence-electron chi connectivity index (χ4n) is 3.28. The molecule has 25 heavy (non-hydrogen) atoms. The van der Waals surface area contributed by atoms with Crippen LogP contribution in [0.25, 0.3) is 10.9 Å². The van der Waals surface area contributed by atoms with Crippen LogP contribution in [0.15, 0.2) is 35.0 Å². The number of aryl methyl sites for hydroxylation is 1. The second-order valence-electron chi connectivity index (χ2n) is 6.36. The van der Waals surface area contributed by atoms with E-state index < -0.39 is 0 Å². The van der Waals surface area contributed by atoms with Crippen molar-refractivity contribution in [3.63, 3.8) is 0 Å². The number of fused-ring (bicyclic) bond motifs is 1. The molecule has 130 valence electrons. The molecule has 0 radical (unpaired) electrons. The Morgan fingerprint density at radius 1 is 1.32 bits per heavy atom. The minimum Gasteiger partial charge on any atom is -0.381 e. The number of amides is 1. The fourth-order valence-corrected chi connectivity index (χ4v) is 3.28. The quantitative estimate of drug-likeness (QED) is 0.762. The Morgan fingerprint density at radius 3 is 2.92 bits per heavy atom. The summed E-state index contributed by atoms with van der Waals surface area (Å²) in [4.78, 5) is 20.3. The second kappa shape index (κ2) is 6.68. The van der Waals surface area contributed by atoms with Crippen LogP contribution < -0.4 is 5.32 Å². The Labute approximate surface area is 144 Å².